The summed E-state index contributed by atoms with van der Waals surface area (Å²) in [6.45, 7) is 4.14. The van der Waals surface area contributed by atoms with Gasteiger partial charge in [-0.25, -0.2) is 4.39 Å². The molecule has 0 fully saturated rings. The number of aromatic nitrogens is 1. The van der Waals surface area contributed by atoms with Crippen molar-refractivity contribution in [3.8, 4) is 11.5 Å². The van der Waals surface area contributed by atoms with E-state index in [0.717, 1.165) is 22.0 Å². The normalized spacial score (nSPS) is 10.9. The summed E-state index contributed by atoms with van der Waals surface area (Å²) in [6, 6.07) is 16.1. The standard InChI is InChI=1S/C26H25FN2O4/c1-16-22(17(2)33-28-16)15-32-25-13-20-8-6-5-7-19(20)12-21(25)26(30)29(3)14-18-9-10-24(31-4)23(27)11-18/h5-13H,14-15H2,1-4H3. The van der Waals surface area contributed by atoms with Crippen molar-refractivity contribution in [3.63, 3.8) is 0 Å². The van der Waals surface area contributed by atoms with Crippen molar-refractivity contribution in [1.29, 1.82) is 0 Å². The topological polar surface area (TPSA) is 64.8 Å². The molecule has 0 saturated heterocycles. The van der Waals surface area contributed by atoms with E-state index >= 15 is 0 Å². The summed E-state index contributed by atoms with van der Waals surface area (Å²) in [5.74, 6) is 0.610. The Balaban J connectivity index is 1.63. The van der Waals surface area contributed by atoms with E-state index in [0.29, 0.717) is 22.6 Å². The van der Waals surface area contributed by atoms with Gasteiger partial charge in [0.2, 0.25) is 0 Å². The first-order valence-corrected chi connectivity index (χ1v) is 10.5. The maximum atomic E-state index is 14.1. The molecule has 3 aromatic carbocycles. The van der Waals surface area contributed by atoms with E-state index in [-0.39, 0.29) is 24.8 Å². The number of aryl methyl sites for hydroxylation is 2. The molecule has 170 valence electrons. The maximum absolute atomic E-state index is 14.1. The van der Waals surface area contributed by atoms with E-state index in [1.807, 2.05) is 50.2 Å². The zero-order valence-electron chi connectivity index (χ0n) is 19.0. The lowest BCUT2D eigenvalue weighted by Crippen LogP contribution is -2.26. The summed E-state index contributed by atoms with van der Waals surface area (Å²) in [5, 5.41) is 5.85. The molecule has 33 heavy (non-hydrogen) atoms. The molecule has 7 heteroatoms. The summed E-state index contributed by atoms with van der Waals surface area (Å²) in [4.78, 5) is 14.9. The number of hydrogen-bond acceptors (Lipinski definition) is 5. The Bertz CT molecular complexity index is 1300. The lowest BCUT2D eigenvalue weighted by Gasteiger charge is -2.20. The SMILES string of the molecule is COc1ccc(CN(C)C(=O)c2cc3ccccc3cc2OCc2c(C)noc2C)cc1F. The monoisotopic (exact) mass is 448 g/mol. The predicted octanol–water partition coefficient (Wildman–Crippen LogP) is 5.44. The molecule has 0 atom stereocenters. The van der Waals surface area contributed by atoms with E-state index in [1.165, 1.54) is 18.1 Å². The van der Waals surface area contributed by atoms with Gasteiger partial charge in [0.15, 0.2) is 11.6 Å². The Morgan fingerprint density at radius 1 is 1.06 bits per heavy atom. The van der Waals surface area contributed by atoms with Gasteiger partial charge < -0.3 is 18.9 Å². The number of halogens is 1. The molecule has 0 aliphatic carbocycles. The Kier molecular flexibility index (Phi) is 6.31. The molecule has 1 aromatic heterocycles. The summed E-state index contributed by atoms with van der Waals surface area (Å²) in [6.07, 6.45) is 0. The average molecular weight is 448 g/mol. The van der Waals surface area contributed by atoms with Crippen LogP contribution in [0, 0.1) is 19.7 Å². The third-order valence-corrected chi connectivity index (χ3v) is 5.61. The van der Waals surface area contributed by atoms with Gasteiger partial charge in [-0.3, -0.25) is 4.79 Å². The fourth-order valence-electron chi connectivity index (χ4n) is 3.72. The van der Waals surface area contributed by atoms with Crippen LogP contribution in [0.2, 0.25) is 0 Å². The van der Waals surface area contributed by atoms with Gasteiger partial charge in [-0.2, -0.15) is 0 Å². The second-order valence-corrected chi connectivity index (χ2v) is 7.92. The second kappa shape index (κ2) is 9.32. The maximum Gasteiger partial charge on any atom is 0.257 e. The second-order valence-electron chi connectivity index (χ2n) is 7.92. The quantitative estimate of drug-likeness (QED) is 0.377. The van der Waals surface area contributed by atoms with Crippen LogP contribution in [0.5, 0.6) is 11.5 Å². The molecule has 0 radical (unpaired) electrons. The number of fused-ring (bicyclic) bond motifs is 1. The molecule has 1 amide bonds. The molecule has 0 unspecified atom stereocenters. The van der Waals surface area contributed by atoms with Crippen LogP contribution in [-0.2, 0) is 13.2 Å². The first-order valence-electron chi connectivity index (χ1n) is 10.5. The van der Waals surface area contributed by atoms with E-state index in [1.54, 1.807) is 19.2 Å². The average Bonchev–Trinajstić information content (AvgIpc) is 3.13. The van der Waals surface area contributed by atoms with Crippen LogP contribution < -0.4 is 9.47 Å². The number of rotatable bonds is 7. The first kappa shape index (κ1) is 22.3. The minimum absolute atomic E-state index is 0.164. The van der Waals surface area contributed by atoms with E-state index in [2.05, 4.69) is 5.16 Å². The van der Waals surface area contributed by atoms with Gasteiger partial charge in [0, 0.05) is 13.6 Å². The fourth-order valence-corrected chi connectivity index (χ4v) is 3.72. The molecule has 0 spiro atoms. The highest BCUT2D eigenvalue weighted by atomic mass is 19.1. The number of carbonyl (C=O) groups is 1. The molecule has 4 rings (SSSR count). The Labute approximate surface area is 191 Å². The minimum atomic E-state index is -0.468. The Morgan fingerprint density at radius 2 is 1.79 bits per heavy atom. The van der Waals surface area contributed by atoms with Gasteiger partial charge in [-0.15, -0.1) is 0 Å². The molecule has 0 aliphatic rings. The number of hydrogen-bond donors (Lipinski definition) is 0. The van der Waals surface area contributed by atoms with Crippen molar-refractivity contribution < 1.29 is 23.2 Å². The van der Waals surface area contributed by atoms with Crippen LogP contribution in [0.4, 0.5) is 4.39 Å². The molecule has 0 N–H and O–H groups in total. The molecule has 6 nitrogen and oxygen atoms in total. The van der Waals surface area contributed by atoms with Crippen LogP contribution >= 0.6 is 0 Å². The van der Waals surface area contributed by atoms with Gasteiger partial charge >= 0.3 is 0 Å². The van der Waals surface area contributed by atoms with E-state index in [4.69, 9.17) is 14.0 Å². The van der Waals surface area contributed by atoms with Crippen LogP contribution in [0.3, 0.4) is 0 Å². The van der Waals surface area contributed by atoms with Gasteiger partial charge in [-0.05, 0) is 54.4 Å². The zero-order valence-corrected chi connectivity index (χ0v) is 19.0. The summed E-state index contributed by atoms with van der Waals surface area (Å²) < 4.78 is 30.4. The first-order chi connectivity index (χ1) is 15.9. The molecular formula is C26H25FN2O4. The molecule has 4 aromatic rings. The number of benzene rings is 3. The number of amides is 1. The van der Waals surface area contributed by atoms with Crippen LogP contribution in [-0.4, -0.2) is 30.1 Å². The third kappa shape index (κ3) is 4.67. The smallest absolute Gasteiger partial charge is 0.257 e. The lowest BCUT2D eigenvalue weighted by atomic mass is 10.0. The van der Waals surface area contributed by atoms with Crippen LogP contribution in [0.1, 0.15) is 32.9 Å². The number of nitrogens with zero attached hydrogens (tertiary/aromatic N) is 2. The van der Waals surface area contributed by atoms with Crippen molar-refractivity contribution in [3.05, 3.63) is 88.6 Å². The van der Waals surface area contributed by atoms with Gasteiger partial charge in [-0.1, -0.05) is 35.5 Å². The summed E-state index contributed by atoms with van der Waals surface area (Å²) in [5.41, 5.74) is 2.68. The zero-order chi connectivity index (χ0) is 23.5. The highest BCUT2D eigenvalue weighted by molar-refractivity contribution is 6.01. The molecule has 0 bridgehead atoms. The number of ether oxygens (including phenoxy) is 2. The molecule has 0 saturated carbocycles. The van der Waals surface area contributed by atoms with Gasteiger partial charge in [0.25, 0.3) is 5.91 Å². The van der Waals surface area contributed by atoms with E-state index in [9.17, 15) is 9.18 Å². The van der Waals surface area contributed by atoms with E-state index < -0.39 is 5.82 Å². The molecule has 1 heterocycles. The minimum Gasteiger partial charge on any atom is -0.494 e. The Hall–Kier alpha value is -3.87. The summed E-state index contributed by atoms with van der Waals surface area (Å²) in [7, 11) is 3.09. The molecular weight excluding hydrogens is 423 g/mol. The fraction of sp³-hybridized carbons (Fsp3) is 0.231. The van der Waals surface area contributed by atoms with Crippen molar-refractivity contribution in [2.45, 2.75) is 27.0 Å². The van der Waals surface area contributed by atoms with Crippen molar-refractivity contribution >= 4 is 16.7 Å². The highest BCUT2D eigenvalue weighted by Gasteiger charge is 2.20. The third-order valence-electron chi connectivity index (χ3n) is 5.61. The number of carbonyl (C=O) groups excluding carboxylic acids is 1. The Morgan fingerprint density at radius 3 is 2.42 bits per heavy atom. The predicted molar refractivity (Wildman–Crippen MR) is 123 cm³/mol. The van der Waals surface area contributed by atoms with Crippen molar-refractivity contribution in [2.75, 3.05) is 14.2 Å². The summed E-state index contributed by atoms with van der Waals surface area (Å²) >= 11 is 0. The largest absolute Gasteiger partial charge is 0.494 e. The van der Waals surface area contributed by atoms with Crippen LogP contribution in [0.15, 0.2) is 59.1 Å². The van der Waals surface area contributed by atoms with Gasteiger partial charge in [0.1, 0.15) is 18.1 Å². The highest BCUT2D eigenvalue weighted by Crippen LogP contribution is 2.29. The molecule has 0 aliphatic heterocycles. The number of methoxy groups -OCH3 is 1. The van der Waals surface area contributed by atoms with Crippen LogP contribution in [0.25, 0.3) is 10.8 Å². The van der Waals surface area contributed by atoms with Crippen molar-refractivity contribution in [1.82, 2.24) is 10.1 Å². The lowest BCUT2D eigenvalue weighted by molar-refractivity contribution is 0.0780. The van der Waals surface area contributed by atoms with Gasteiger partial charge in [0.05, 0.1) is 23.9 Å². The van der Waals surface area contributed by atoms with Crippen molar-refractivity contribution in [2.24, 2.45) is 0 Å².